The number of aliphatic imine (C=N–C) groups is 2. The summed E-state index contributed by atoms with van der Waals surface area (Å²) >= 11 is 0. The third-order valence-corrected chi connectivity index (χ3v) is 16.4. The lowest BCUT2D eigenvalue weighted by atomic mass is 9.82. The highest BCUT2D eigenvalue weighted by Crippen LogP contribution is 2.56. The maximum Gasteiger partial charge on any atom is 0.318 e. The fourth-order valence-electron chi connectivity index (χ4n) is 12.5. The van der Waals surface area contributed by atoms with Crippen molar-refractivity contribution in [2.24, 2.45) is 33.7 Å². The van der Waals surface area contributed by atoms with Crippen molar-refractivity contribution in [2.45, 2.75) is 129 Å². The van der Waals surface area contributed by atoms with E-state index in [9.17, 15) is 19.2 Å². The summed E-state index contributed by atoms with van der Waals surface area (Å²) < 4.78 is 17.6. The van der Waals surface area contributed by atoms with E-state index in [-0.39, 0.29) is 72.2 Å². The summed E-state index contributed by atoms with van der Waals surface area (Å²) in [6, 6.07) is 3.79. The van der Waals surface area contributed by atoms with Crippen LogP contribution in [0.25, 0.3) is 5.57 Å². The van der Waals surface area contributed by atoms with Crippen LogP contribution in [-0.4, -0.2) is 152 Å². The molecule has 2 bridgehead atoms. The predicted molar refractivity (Wildman–Crippen MR) is 257 cm³/mol. The minimum atomic E-state index is -0.583. The molecule has 6 atom stereocenters. The molecule has 67 heavy (non-hydrogen) atoms. The quantitative estimate of drug-likeness (QED) is 0.257. The number of carbonyl (C=O) groups excluding carboxylic acids is 4. The van der Waals surface area contributed by atoms with E-state index < -0.39 is 6.04 Å². The molecular weight excluding hydrogens is 849 g/mol. The van der Waals surface area contributed by atoms with Gasteiger partial charge in [-0.2, -0.15) is 0 Å². The highest BCUT2D eigenvalue weighted by atomic mass is 16.5. The second kappa shape index (κ2) is 19.8. The summed E-state index contributed by atoms with van der Waals surface area (Å²) in [5.41, 5.74) is 9.98. The van der Waals surface area contributed by atoms with Gasteiger partial charge in [-0.05, 0) is 97.5 Å². The van der Waals surface area contributed by atoms with Gasteiger partial charge in [0.25, 0.3) is 0 Å². The van der Waals surface area contributed by atoms with Crippen LogP contribution in [0.3, 0.4) is 0 Å². The van der Waals surface area contributed by atoms with Crippen molar-refractivity contribution >= 4 is 46.4 Å². The van der Waals surface area contributed by atoms with Crippen LogP contribution in [0.5, 0.6) is 0 Å². The molecule has 9 aliphatic heterocycles. The Hall–Kier alpha value is -4.60. The Morgan fingerprint density at radius 2 is 1.28 bits per heavy atom. The number of urea groups is 1. The summed E-state index contributed by atoms with van der Waals surface area (Å²) in [5, 5.41) is 3.07. The molecule has 1 N–H and O–H groups in total. The molecule has 0 aromatic heterocycles. The maximum absolute atomic E-state index is 14.3. The molecule has 15 nitrogen and oxygen atoms in total. The Balaban J connectivity index is 0.756. The Labute approximate surface area is 396 Å². The minimum absolute atomic E-state index is 0.00502. The number of nitrogens with zero attached hydrogens (tertiary/aromatic N) is 7. The zero-order chi connectivity index (χ0) is 46.3. The third kappa shape index (κ3) is 9.21. The number of benzene rings is 1. The van der Waals surface area contributed by atoms with Crippen molar-refractivity contribution in [2.75, 3.05) is 83.7 Å². The molecule has 362 valence electrons. The van der Waals surface area contributed by atoms with E-state index in [0.29, 0.717) is 71.6 Å². The molecule has 6 saturated heterocycles. The average Bonchev–Trinajstić information content (AvgIpc) is 4.22. The SMILES string of the molecule is CC(C)[C@H](CC(=O)N1CCOCC1)C(=O)N1CCC[C@H]1C1=NC=C(c2ccc(N3CCC(C4=CN=C([C@@H]5CCCN5C(=O)[C@@H](NC(=O)N5CCOCC5)C(C)C)C4)CC3)c3c2C2CCC3O2)C1. The van der Waals surface area contributed by atoms with Crippen LogP contribution in [0, 0.1) is 23.7 Å². The second-order valence-corrected chi connectivity index (χ2v) is 21.1. The number of rotatable bonds is 12. The number of nitrogens with one attached hydrogen (secondary N) is 1. The summed E-state index contributed by atoms with van der Waals surface area (Å²) in [6.45, 7) is 15.8. The molecule has 6 fully saturated rings. The topological polar surface area (TPSA) is 149 Å². The van der Waals surface area contributed by atoms with Crippen LogP contribution in [0.2, 0.25) is 0 Å². The lowest BCUT2D eigenvalue weighted by molar-refractivity contribution is -0.144. The lowest BCUT2D eigenvalue weighted by Gasteiger charge is -2.37. The smallest absolute Gasteiger partial charge is 0.318 e. The third-order valence-electron chi connectivity index (χ3n) is 16.4. The fraction of sp³-hybridized carbons (Fsp3) is 0.692. The first kappa shape index (κ1) is 46.1. The van der Waals surface area contributed by atoms with E-state index >= 15 is 0 Å². The molecule has 9 aliphatic rings. The normalized spacial score (nSPS) is 27.4. The van der Waals surface area contributed by atoms with Gasteiger partial charge in [0, 0.05) is 113 Å². The molecule has 2 unspecified atom stereocenters. The van der Waals surface area contributed by atoms with Gasteiger partial charge < -0.3 is 44.0 Å². The number of hydrogen-bond donors (Lipinski definition) is 1. The number of amides is 5. The fourth-order valence-corrected chi connectivity index (χ4v) is 12.5. The van der Waals surface area contributed by atoms with Crippen molar-refractivity contribution in [3.8, 4) is 0 Å². The molecule has 9 heterocycles. The van der Waals surface area contributed by atoms with E-state index in [2.05, 4.69) is 42.4 Å². The van der Waals surface area contributed by atoms with Gasteiger partial charge in [-0.3, -0.25) is 24.4 Å². The van der Waals surface area contributed by atoms with Crippen LogP contribution in [-0.2, 0) is 28.6 Å². The first-order chi connectivity index (χ1) is 32.5. The largest absolute Gasteiger partial charge is 0.378 e. The zero-order valence-corrected chi connectivity index (χ0v) is 40.3. The molecule has 0 radical (unpaired) electrons. The maximum atomic E-state index is 14.3. The summed E-state index contributed by atoms with van der Waals surface area (Å²) in [7, 11) is 0. The molecule has 0 saturated carbocycles. The summed E-state index contributed by atoms with van der Waals surface area (Å²) in [4.78, 5) is 75.0. The van der Waals surface area contributed by atoms with Crippen LogP contribution >= 0.6 is 0 Å². The van der Waals surface area contributed by atoms with Crippen molar-refractivity contribution < 1.29 is 33.4 Å². The van der Waals surface area contributed by atoms with Crippen molar-refractivity contribution in [3.05, 3.63) is 46.8 Å². The van der Waals surface area contributed by atoms with Gasteiger partial charge in [0.1, 0.15) is 6.04 Å². The van der Waals surface area contributed by atoms with Gasteiger partial charge in [-0.25, -0.2) is 4.79 Å². The predicted octanol–water partition coefficient (Wildman–Crippen LogP) is 6.29. The number of ether oxygens (including phenoxy) is 3. The van der Waals surface area contributed by atoms with Crippen molar-refractivity contribution in [3.63, 3.8) is 0 Å². The first-order valence-corrected chi connectivity index (χ1v) is 25.7. The number of likely N-dealkylation sites (tertiary alicyclic amines) is 2. The number of piperidine rings is 1. The van der Waals surface area contributed by atoms with Gasteiger partial charge in [-0.15, -0.1) is 0 Å². The van der Waals surface area contributed by atoms with Gasteiger partial charge in [0.2, 0.25) is 17.7 Å². The first-order valence-electron chi connectivity index (χ1n) is 25.7. The molecular formula is C52H72N8O7. The van der Waals surface area contributed by atoms with Gasteiger partial charge >= 0.3 is 6.03 Å². The van der Waals surface area contributed by atoms with Crippen LogP contribution in [0.1, 0.15) is 127 Å². The van der Waals surface area contributed by atoms with E-state index in [1.807, 2.05) is 34.7 Å². The van der Waals surface area contributed by atoms with Gasteiger partial charge in [0.15, 0.2) is 0 Å². The molecule has 0 spiro atoms. The standard InChI is InChI=1S/C52H72N8O7/c1-32(2)38(29-46(61)57-19-23-65-24-20-57)50(62)59-15-5-7-41(59)40-28-36(31-54-40)37-9-10-43(48-45-12-11-44(67-45)47(37)48)56-17-13-34(14-18-56)35-27-39(53-30-35)42-8-6-16-60(42)51(63)49(33(3)4)55-52(64)58-21-25-66-26-22-58/h9-10,30-34,38,41-42,44-45,49H,5-8,11-29H2,1-4H3,(H,55,64)/t38-,41-,42-,44?,45?,49-/m0/s1. The van der Waals surface area contributed by atoms with Gasteiger partial charge in [0.05, 0.1) is 50.7 Å². The summed E-state index contributed by atoms with van der Waals surface area (Å²) in [6.07, 6.45) is 14.0. The highest BCUT2D eigenvalue weighted by molar-refractivity contribution is 6.04. The highest BCUT2D eigenvalue weighted by Gasteiger charge is 2.45. The molecule has 1 aromatic rings. The van der Waals surface area contributed by atoms with Gasteiger partial charge in [-0.1, -0.05) is 33.8 Å². The molecule has 5 amide bonds. The van der Waals surface area contributed by atoms with E-state index in [1.54, 1.807) is 4.90 Å². The van der Waals surface area contributed by atoms with E-state index in [1.165, 1.54) is 33.5 Å². The second-order valence-electron chi connectivity index (χ2n) is 21.1. The Kier molecular flexibility index (Phi) is 13.6. The average molecular weight is 921 g/mol. The Morgan fingerprint density at radius 3 is 1.94 bits per heavy atom. The molecule has 15 heteroatoms. The Morgan fingerprint density at radius 1 is 0.672 bits per heavy atom. The number of hydrogen-bond acceptors (Lipinski definition) is 10. The number of anilines is 1. The number of carbonyl (C=O) groups is 4. The van der Waals surface area contributed by atoms with Crippen LogP contribution < -0.4 is 10.2 Å². The Bertz CT molecular complexity index is 2200. The minimum Gasteiger partial charge on any atom is -0.378 e. The lowest BCUT2D eigenvalue weighted by Crippen LogP contribution is -2.57. The number of morpholine rings is 2. The number of fused-ring (bicyclic) bond motifs is 5. The van der Waals surface area contributed by atoms with Crippen LogP contribution in [0.15, 0.2) is 40.1 Å². The van der Waals surface area contributed by atoms with Crippen LogP contribution in [0.4, 0.5) is 10.5 Å². The molecule has 10 rings (SSSR count). The van der Waals surface area contributed by atoms with Crippen molar-refractivity contribution in [1.82, 2.24) is 24.9 Å². The summed E-state index contributed by atoms with van der Waals surface area (Å²) in [5.74, 6) is 0.240. The van der Waals surface area contributed by atoms with E-state index in [0.717, 1.165) is 88.7 Å². The van der Waals surface area contributed by atoms with Crippen molar-refractivity contribution in [1.29, 1.82) is 0 Å². The monoisotopic (exact) mass is 921 g/mol. The molecule has 0 aliphatic carbocycles. The van der Waals surface area contributed by atoms with E-state index in [4.69, 9.17) is 24.2 Å². The number of allylic oxidation sites excluding steroid dienone is 2. The molecule has 1 aromatic carbocycles. The zero-order valence-electron chi connectivity index (χ0n) is 40.3.